The molecule has 0 radical (unpaired) electrons. The van der Waals surface area contributed by atoms with Crippen LogP contribution < -0.4 is 10.6 Å². The van der Waals surface area contributed by atoms with Crippen LogP contribution in [0, 0.1) is 5.82 Å². The molecule has 0 N–H and O–H groups in total. The molecular weight excluding hydrogens is 225 g/mol. The molecule has 0 atom stereocenters. The van der Waals surface area contributed by atoms with Crippen molar-refractivity contribution < 1.29 is 4.39 Å². The van der Waals surface area contributed by atoms with E-state index in [1.54, 1.807) is 12.1 Å². The van der Waals surface area contributed by atoms with E-state index in [0.29, 0.717) is 0 Å². The van der Waals surface area contributed by atoms with Crippen molar-refractivity contribution in [3.8, 4) is 5.69 Å². The van der Waals surface area contributed by atoms with Crippen LogP contribution >= 0.6 is 0 Å². The van der Waals surface area contributed by atoms with Crippen molar-refractivity contribution in [1.82, 2.24) is 4.57 Å². The van der Waals surface area contributed by atoms with Gasteiger partial charge < -0.3 is 4.57 Å². The van der Waals surface area contributed by atoms with Crippen LogP contribution in [0.2, 0.25) is 0 Å². The highest BCUT2D eigenvalue weighted by Gasteiger charge is 1.98. The Morgan fingerprint density at radius 2 is 1.83 bits per heavy atom. The molecule has 0 amide bonds. The predicted octanol–water partition coefficient (Wildman–Crippen LogP) is 2.77. The first-order chi connectivity index (χ1) is 8.58. The van der Waals surface area contributed by atoms with Gasteiger partial charge in [0.2, 0.25) is 0 Å². The van der Waals surface area contributed by atoms with Crippen LogP contribution in [0.1, 0.15) is 13.8 Å². The van der Waals surface area contributed by atoms with Crippen LogP contribution in [0.15, 0.2) is 48.2 Å². The summed E-state index contributed by atoms with van der Waals surface area (Å²) in [7, 11) is 0. The van der Waals surface area contributed by atoms with Gasteiger partial charge in [0.25, 0.3) is 0 Å². The number of nitrogens with zero attached hydrogens (tertiary/aromatic N) is 1. The van der Waals surface area contributed by atoms with Gasteiger partial charge in [0, 0.05) is 11.9 Å². The summed E-state index contributed by atoms with van der Waals surface area (Å²) in [5.41, 5.74) is 2.15. The first kappa shape index (κ1) is 12.4. The maximum Gasteiger partial charge on any atom is 0.123 e. The Labute approximate surface area is 106 Å². The fourth-order valence-corrected chi connectivity index (χ4v) is 1.74. The first-order valence-corrected chi connectivity index (χ1v) is 5.85. The van der Waals surface area contributed by atoms with Crippen molar-refractivity contribution >= 4 is 12.7 Å². The number of hydrogen-bond acceptors (Lipinski definition) is 0. The van der Waals surface area contributed by atoms with Crippen molar-refractivity contribution in [3.63, 3.8) is 0 Å². The number of aromatic nitrogens is 1. The second-order valence-corrected chi connectivity index (χ2v) is 4.48. The van der Waals surface area contributed by atoms with E-state index in [-0.39, 0.29) is 5.82 Å². The molecule has 1 heterocycles. The molecule has 0 saturated heterocycles. The lowest BCUT2D eigenvalue weighted by atomic mass is 10.3. The molecule has 2 heteroatoms. The van der Waals surface area contributed by atoms with Crippen molar-refractivity contribution in [2.45, 2.75) is 13.8 Å². The first-order valence-electron chi connectivity index (χ1n) is 5.85. The summed E-state index contributed by atoms with van der Waals surface area (Å²) >= 11 is 0. The van der Waals surface area contributed by atoms with Gasteiger partial charge in [-0.3, -0.25) is 0 Å². The van der Waals surface area contributed by atoms with E-state index in [9.17, 15) is 4.39 Å². The molecule has 0 aliphatic heterocycles. The average molecular weight is 241 g/mol. The molecule has 0 bridgehead atoms. The third-order valence-corrected chi connectivity index (χ3v) is 2.69. The van der Waals surface area contributed by atoms with E-state index in [2.05, 4.69) is 6.58 Å². The molecule has 18 heavy (non-hydrogen) atoms. The monoisotopic (exact) mass is 241 g/mol. The summed E-state index contributed by atoms with van der Waals surface area (Å²) in [6, 6.07) is 8.39. The van der Waals surface area contributed by atoms with Crippen molar-refractivity contribution in [3.05, 3.63) is 64.6 Å². The number of rotatable bonds is 2. The molecule has 0 aliphatic rings. The zero-order valence-electron chi connectivity index (χ0n) is 10.7. The topological polar surface area (TPSA) is 4.93 Å². The lowest BCUT2D eigenvalue weighted by Gasteiger charge is -2.03. The third kappa shape index (κ3) is 2.59. The Morgan fingerprint density at radius 1 is 1.17 bits per heavy atom. The average Bonchev–Trinajstić information content (AvgIpc) is 2.69. The number of allylic oxidation sites excluding steroid dienone is 2. The van der Waals surface area contributed by atoms with Crippen molar-refractivity contribution in [1.29, 1.82) is 0 Å². The van der Waals surface area contributed by atoms with Crippen molar-refractivity contribution in [2.24, 2.45) is 0 Å². The Bertz CT molecular complexity index is 671. The zero-order valence-corrected chi connectivity index (χ0v) is 10.7. The van der Waals surface area contributed by atoms with Crippen LogP contribution in [-0.4, -0.2) is 4.57 Å². The SMILES string of the molecule is C=c1ccn(-c2ccc(F)cc2)/c1=C/C=C(C)C. The maximum atomic E-state index is 12.9. The minimum Gasteiger partial charge on any atom is -0.317 e. The summed E-state index contributed by atoms with van der Waals surface area (Å²) in [5.74, 6) is -0.226. The number of benzene rings is 1. The molecule has 2 aromatic rings. The molecule has 1 nitrogen and oxygen atoms in total. The molecule has 0 unspecified atom stereocenters. The zero-order chi connectivity index (χ0) is 13.1. The van der Waals surface area contributed by atoms with Gasteiger partial charge in [-0.15, -0.1) is 0 Å². The van der Waals surface area contributed by atoms with E-state index in [0.717, 1.165) is 16.3 Å². The highest BCUT2D eigenvalue weighted by atomic mass is 19.1. The van der Waals surface area contributed by atoms with Crippen LogP contribution in [0.3, 0.4) is 0 Å². The van der Waals surface area contributed by atoms with E-state index < -0.39 is 0 Å². The van der Waals surface area contributed by atoms with Gasteiger partial charge in [0.15, 0.2) is 0 Å². The highest BCUT2D eigenvalue weighted by molar-refractivity contribution is 5.42. The molecule has 0 fully saturated rings. The molecular formula is C16H16FN. The third-order valence-electron chi connectivity index (χ3n) is 2.69. The fourth-order valence-electron chi connectivity index (χ4n) is 1.74. The van der Waals surface area contributed by atoms with Gasteiger partial charge in [-0.2, -0.15) is 0 Å². The number of hydrogen-bond donors (Lipinski definition) is 0. The number of halogens is 1. The second kappa shape index (κ2) is 5.05. The quantitative estimate of drug-likeness (QED) is 0.762. The van der Waals surface area contributed by atoms with E-state index in [1.807, 2.05) is 42.8 Å². The Morgan fingerprint density at radius 3 is 2.44 bits per heavy atom. The van der Waals surface area contributed by atoms with Gasteiger partial charge in [-0.05, 0) is 55.5 Å². The Hall–Kier alpha value is -2.09. The standard InChI is InChI=1S/C16H16FN/c1-12(2)4-9-16-13(3)10-11-18(16)15-7-5-14(17)6-8-15/h4-11H,3H2,1-2H3/b16-9+. The summed E-state index contributed by atoms with van der Waals surface area (Å²) < 4.78 is 14.9. The molecule has 1 aromatic heterocycles. The predicted molar refractivity (Wildman–Crippen MR) is 74.4 cm³/mol. The van der Waals surface area contributed by atoms with Crippen LogP contribution in [0.4, 0.5) is 4.39 Å². The van der Waals surface area contributed by atoms with Crippen LogP contribution in [-0.2, 0) is 0 Å². The molecule has 2 rings (SSSR count). The van der Waals surface area contributed by atoms with Gasteiger partial charge in [0.1, 0.15) is 5.82 Å². The summed E-state index contributed by atoms with van der Waals surface area (Å²) in [4.78, 5) is 0. The lowest BCUT2D eigenvalue weighted by molar-refractivity contribution is 0.627. The molecule has 0 saturated carbocycles. The largest absolute Gasteiger partial charge is 0.317 e. The Balaban J connectivity index is 2.60. The van der Waals surface area contributed by atoms with Crippen LogP contribution in [0.25, 0.3) is 18.3 Å². The summed E-state index contributed by atoms with van der Waals surface area (Å²) in [5, 5.41) is 1.97. The minimum absolute atomic E-state index is 0.226. The van der Waals surface area contributed by atoms with E-state index >= 15 is 0 Å². The maximum absolute atomic E-state index is 12.9. The second-order valence-electron chi connectivity index (χ2n) is 4.48. The normalized spacial score (nSPS) is 11.6. The van der Waals surface area contributed by atoms with Gasteiger partial charge in [0.05, 0.1) is 5.35 Å². The smallest absolute Gasteiger partial charge is 0.123 e. The fraction of sp³-hybridized carbons (Fsp3) is 0.125. The van der Waals surface area contributed by atoms with E-state index in [1.165, 1.54) is 17.7 Å². The molecule has 1 aromatic carbocycles. The van der Waals surface area contributed by atoms with E-state index in [4.69, 9.17) is 0 Å². The summed E-state index contributed by atoms with van der Waals surface area (Å²) in [6.07, 6.45) is 6.02. The molecule has 92 valence electrons. The van der Waals surface area contributed by atoms with Crippen molar-refractivity contribution in [2.75, 3.05) is 0 Å². The van der Waals surface area contributed by atoms with Gasteiger partial charge in [-0.25, -0.2) is 4.39 Å². The Kier molecular flexibility index (Phi) is 3.47. The highest BCUT2D eigenvalue weighted by Crippen LogP contribution is 2.05. The van der Waals surface area contributed by atoms with Gasteiger partial charge >= 0.3 is 0 Å². The van der Waals surface area contributed by atoms with Crippen LogP contribution in [0.5, 0.6) is 0 Å². The molecule has 0 spiro atoms. The summed E-state index contributed by atoms with van der Waals surface area (Å²) in [6.45, 7) is 8.10. The van der Waals surface area contributed by atoms with Gasteiger partial charge in [-0.1, -0.05) is 18.2 Å². The lowest BCUT2D eigenvalue weighted by Crippen LogP contribution is -2.26. The molecule has 0 aliphatic carbocycles. The minimum atomic E-state index is -0.226.